The van der Waals surface area contributed by atoms with Crippen LogP contribution in [-0.2, 0) is 18.0 Å². The van der Waals surface area contributed by atoms with Crippen LogP contribution >= 0.6 is 15.4 Å². The lowest BCUT2D eigenvalue weighted by Gasteiger charge is -2.26. The van der Waals surface area contributed by atoms with E-state index in [-0.39, 0.29) is 12.1 Å². The predicted octanol–water partition coefficient (Wildman–Crippen LogP) is 2.49. The lowest BCUT2D eigenvalue weighted by atomic mass is 10.1. The van der Waals surface area contributed by atoms with Gasteiger partial charge in [-0.15, -0.1) is 0 Å². The molecule has 2 atom stereocenters. The molecule has 0 aliphatic rings. The van der Waals surface area contributed by atoms with Crippen LogP contribution in [0.5, 0.6) is 0 Å². The Bertz CT molecular complexity index is 384. The maximum absolute atomic E-state index is 11.7. The van der Waals surface area contributed by atoms with Crippen LogP contribution in [0.1, 0.15) is 41.5 Å². The van der Waals surface area contributed by atoms with Crippen LogP contribution in [0.2, 0.25) is 0 Å². The van der Waals surface area contributed by atoms with Gasteiger partial charge >= 0.3 is 15.4 Å². The van der Waals surface area contributed by atoms with Crippen LogP contribution in [-0.4, -0.2) is 33.6 Å². The van der Waals surface area contributed by atoms with E-state index in [0.717, 1.165) is 0 Å². The molecule has 0 rings (SSSR count). The third-order valence-corrected chi connectivity index (χ3v) is 5.99. The highest BCUT2D eigenvalue weighted by Gasteiger charge is 2.43. The van der Waals surface area contributed by atoms with Crippen LogP contribution in [0.15, 0.2) is 0 Å². The molecule has 0 aliphatic carbocycles. The fourth-order valence-electron chi connectivity index (χ4n) is 0.873. The van der Waals surface area contributed by atoms with Crippen molar-refractivity contribution in [3.8, 4) is 0 Å². The van der Waals surface area contributed by atoms with Crippen molar-refractivity contribution in [3.05, 3.63) is 0 Å². The zero-order valence-corrected chi connectivity index (χ0v) is 14.1. The van der Waals surface area contributed by atoms with Gasteiger partial charge in [0.1, 0.15) is 0 Å². The molecule has 9 heteroatoms. The molecule has 19 heavy (non-hydrogen) atoms. The van der Waals surface area contributed by atoms with E-state index in [1.165, 1.54) is 20.8 Å². The van der Waals surface area contributed by atoms with Gasteiger partial charge in [-0.1, -0.05) is 0 Å². The Hall–Kier alpha value is 0.260. The molecular weight excluding hydrogens is 292 g/mol. The Kier molecular flexibility index (Phi) is 6.44. The van der Waals surface area contributed by atoms with Crippen molar-refractivity contribution in [2.45, 2.75) is 52.2 Å². The summed E-state index contributed by atoms with van der Waals surface area (Å²) in [6, 6.07) is 0. The lowest BCUT2D eigenvalue weighted by molar-refractivity contribution is 0.187. The molecule has 0 aliphatic heterocycles. The minimum absolute atomic E-state index is 0.102. The Morgan fingerprint density at radius 1 is 1.05 bits per heavy atom. The summed E-state index contributed by atoms with van der Waals surface area (Å²) < 4.78 is 32.3. The second kappa shape index (κ2) is 6.35. The van der Waals surface area contributed by atoms with Gasteiger partial charge in [-0.05, 0) is 41.5 Å². The molecule has 0 heterocycles. The maximum Gasteiger partial charge on any atom is 0.479 e. The first-order chi connectivity index (χ1) is 8.16. The van der Waals surface area contributed by atoms with Gasteiger partial charge in [0.25, 0.3) is 0 Å². The normalized spacial score (nSPS) is 19.8. The zero-order chi connectivity index (χ0) is 15.5. The zero-order valence-electron chi connectivity index (χ0n) is 12.3. The Morgan fingerprint density at radius 3 is 1.89 bits per heavy atom. The van der Waals surface area contributed by atoms with E-state index in [9.17, 15) is 18.9 Å². The number of hydrogen-bond donors (Lipinski definition) is 3. The number of nitrogens with one attached hydrogen (secondary N) is 1. The van der Waals surface area contributed by atoms with Crippen molar-refractivity contribution < 1.29 is 27.8 Å². The Balaban J connectivity index is 4.35. The summed E-state index contributed by atoms with van der Waals surface area (Å²) in [6.07, 6.45) is 0. The smallest absolute Gasteiger partial charge is 0.324 e. The first-order valence-electron chi connectivity index (χ1n) is 5.93. The van der Waals surface area contributed by atoms with Crippen LogP contribution < -0.4 is 5.32 Å². The summed E-state index contributed by atoms with van der Waals surface area (Å²) in [5.74, 6) is 0. The van der Waals surface area contributed by atoms with Gasteiger partial charge in [0.2, 0.25) is 0 Å². The second-order valence-electron chi connectivity index (χ2n) is 6.25. The van der Waals surface area contributed by atoms with Gasteiger partial charge in [-0.3, -0.25) is 9.09 Å². The molecule has 2 unspecified atom stereocenters. The van der Waals surface area contributed by atoms with E-state index in [1.54, 1.807) is 0 Å². The minimum Gasteiger partial charge on any atom is -0.324 e. The Morgan fingerprint density at radius 2 is 1.53 bits per heavy atom. The summed E-state index contributed by atoms with van der Waals surface area (Å²) >= 11 is 0. The molecule has 0 fully saturated rings. The molecule has 0 amide bonds. The highest BCUT2D eigenvalue weighted by Crippen LogP contribution is 2.65. The molecule has 0 saturated heterocycles. The largest absolute Gasteiger partial charge is 0.479 e. The van der Waals surface area contributed by atoms with E-state index in [4.69, 9.17) is 0 Å². The average Bonchev–Trinajstić information content (AvgIpc) is 2.07. The van der Waals surface area contributed by atoms with E-state index >= 15 is 0 Å². The lowest BCUT2D eigenvalue weighted by Crippen LogP contribution is -2.37. The second-order valence-corrected chi connectivity index (χ2v) is 10.5. The number of phosphoric ester groups is 1. The first-order valence-corrected chi connectivity index (χ1v) is 9.00. The van der Waals surface area contributed by atoms with Crippen molar-refractivity contribution in [2.24, 2.45) is 0 Å². The van der Waals surface area contributed by atoms with E-state index < -0.39 is 20.6 Å². The van der Waals surface area contributed by atoms with Crippen molar-refractivity contribution >= 4 is 15.4 Å². The van der Waals surface area contributed by atoms with Gasteiger partial charge in [0.05, 0.1) is 11.8 Å². The van der Waals surface area contributed by atoms with Gasteiger partial charge in [0, 0.05) is 12.1 Å². The summed E-state index contributed by atoms with van der Waals surface area (Å²) in [5.41, 5.74) is -0.151. The number of phosphoric acid groups is 1. The van der Waals surface area contributed by atoms with Crippen LogP contribution in [0.3, 0.4) is 0 Å². The number of hydrogen-bond acceptors (Lipinski definition) is 5. The third kappa shape index (κ3) is 8.20. The molecule has 0 bridgehead atoms. The predicted molar refractivity (Wildman–Crippen MR) is 74.2 cm³/mol. The molecule has 0 saturated carbocycles. The number of rotatable bonds is 6. The summed E-state index contributed by atoms with van der Waals surface area (Å²) in [6.45, 7) is 10.3. The molecule has 3 N–H and O–H groups in total. The fraction of sp³-hybridized carbons (Fsp3) is 1.00. The quantitative estimate of drug-likeness (QED) is 0.510. The molecule has 0 spiro atoms. The van der Waals surface area contributed by atoms with Gasteiger partial charge in [-0.2, -0.15) is 0 Å². The monoisotopic (exact) mass is 317 g/mol. The van der Waals surface area contributed by atoms with E-state index in [2.05, 4.69) is 14.2 Å². The maximum atomic E-state index is 11.7. The fourth-order valence-corrected chi connectivity index (χ4v) is 3.48. The molecule has 0 aromatic heterocycles. The van der Waals surface area contributed by atoms with Crippen molar-refractivity contribution in [1.82, 2.24) is 5.32 Å². The van der Waals surface area contributed by atoms with Gasteiger partial charge in [0.15, 0.2) is 0 Å². The average molecular weight is 317 g/mol. The molecule has 116 valence electrons. The highest BCUT2D eigenvalue weighted by atomic mass is 31.3. The topological polar surface area (TPSA) is 105 Å². The van der Waals surface area contributed by atoms with Crippen LogP contribution in [0.25, 0.3) is 0 Å². The Labute approximate surface area is 114 Å². The molecule has 7 nitrogen and oxygen atoms in total. The van der Waals surface area contributed by atoms with E-state index in [0.29, 0.717) is 6.54 Å². The van der Waals surface area contributed by atoms with Crippen LogP contribution in [0.4, 0.5) is 0 Å². The standard InChI is InChI=1S/C10H25NO6P2/c1-9(2,3)11-7-8-16-19(14,15)17-18(12,13)10(4,5)6/h11H,7-8H2,1-6H3,(H,12,13)(H,14,15). The molecule has 0 radical (unpaired) electrons. The van der Waals surface area contributed by atoms with Crippen molar-refractivity contribution in [2.75, 3.05) is 13.2 Å². The first kappa shape index (κ1) is 19.3. The SMILES string of the molecule is CC(C)(C)NCCOP(=O)(O)OP(=O)(O)C(C)(C)C. The van der Waals surface area contributed by atoms with Crippen molar-refractivity contribution in [1.29, 1.82) is 0 Å². The molecule has 0 aromatic rings. The highest BCUT2D eigenvalue weighted by molar-refractivity contribution is 7.64. The van der Waals surface area contributed by atoms with Gasteiger partial charge < -0.3 is 15.1 Å². The molecule has 0 aromatic carbocycles. The summed E-state index contributed by atoms with van der Waals surface area (Å²) in [7, 11) is -8.78. The third-order valence-electron chi connectivity index (χ3n) is 2.07. The summed E-state index contributed by atoms with van der Waals surface area (Å²) in [5, 5.41) is 1.89. The summed E-state index contributed by atoms with van der Waals surface area (Å²) in [4.78, 5) is 19.0. The van der Waals surface area contributed by atoms with Gasteiger partial charge in [-0.25, -0.2) is 8.88 Å². The minimum atomic E-state index is -4.55. The van der Waals surface area contributed by atoms with Crippen molar-refractivity contribution in [3.63, 3.8) is 0 Å². The van der Waals surface area contributed by atoms with E-state index in [1.807, 2.05) is 20.8 Å². The molecular formula is C10H25NO6P2. The van der Waals surface area contributed by atoms with Crippen LogP contribution in [0, 0.1) is 0 Å².